The Morgan fingerprint density at radius 1 is 1.33 bits per heavy atom. The number of benzene rings is 2. The van der Waals surface area contributed by atoms with Crippen molar-refractivity contribution >= 4 is 17.3 Å². The third-order valence-corrected chi connectivity index (χ3v) is 3.12. The smallest absolute Gasteiger partial charge is 0.313 e. The van der Waals surface area contributed by atoms with Crippen LogP contribution in [0.25, 0.3) is 0 Å². The predicted octanol–water partition coefficient (Wildman–Crippen LogP) is 4.20. The quantitative estimate of drug-likeness (QED) is 0.678. The fourth-order valence-electron chi connectivity index (χ4n) is 1.90. The maximum Gasteiger partial charge on any atom is 0.313 e. The molecule has 0 aliphatic heterocycles. The second-order valence-electron chi connectivity index (χ2n) is 4.39. The predicted molar refractivity (Wildman–Crippen MR) is 77.2 cm³/mol. The first kappa shape index (κ1) is 15.2. The average Bonchev–Trinajstić information content (AvgIpc) is 2.40. The van der Waals surface area contributed by atoms with E-state index < -0.39 is 16.8 Å². The third-order valence-electron chi connectivity index (χ3n) is 2.82. The molecule has 0 saturated carbocycles. The largest absolute Gasteiger partial charge is 0.448 e. The lowest BCUT2D eigenvalue weighted by Gasteiger charge is -2.15. The fraction of sp³-hybridized carbons (Fsp3) is 0.143. The van der Waals surface area contributed by atoms with Gasteiger partial charge in [0.1, 0.15) is 11.6 Å². The first-order valence-electron chi connectivity index (χ1n) is 6.06. The summed E-state index contributed by atoms with van der Waals surface area (Å²) in [5.41, 5.74) is 5.55. The Kier molecular flexibility index (Phi) is 4.40. The topological polar surface area (TPSA) is 78.4 Å². The highest BCUT2D eigenvalue weighted by Gasteiger charge is 2.22. The van der Waals surface area contributed by atoms with E-state index in [-0.39, 0.29) is 27.8 Å². The summed E-state index contributed by atoms with van der Waals surface area (Å²) in [6.45, 7) is 1.59. The Labute approximate surface area is 125 Å². The van der Waals surface area contributed by atoms with Gasteiger partial charge in [0.25, 0.3) is 0 Å². The lowest BCUT2D eigenvalue weighted by molar-refractivity contribution is -0.385. The monoisotopic (exact) mass is 310 g/mol. The van der Waals surface area contributed by atoms with Crippen LogP contribution in [-0.2, 0) is 0 Å². The number of nitro benzene ring substituents is 1. The molecular formula is C14H12ClFN2O3. The molecule has 0 unspecified atom stereocenters. The molecule has 5 nitrogen and oxygen atoms in total. The molecule has 2 aromatic carbocycles. The van der Waals surface area contributed by atoms with Crippen LogP contribution in [0.15, 0.2) is 36.4 Å². The number of halogens is 2. The SMILES string of the molecule is C[C@@H](N)c1c(F)cccc1Oc1c(Cl)cccc1[N+](=O)[O-]. The summed E-state index contributed by atoms with van der Waals surface area (Å²) in [5.74, 6) is -0.588. The van der Waals surface area contributed by atoms with Gasteiger partial charge in [-0.15, -0.1) is 0 Å². The summed E-state index contributed by atoms with van der Waals surface area (Å²) in [5, 5.41) is 11.1. The van der Waals surface area contributed by atoms with Gasteiger partial charge in [-0.3, -0.25) is 10.1 Å². The van der Waals surface area contributed by atoms with Crippen LogP contribution in [0.2, 0.25) is 5.02 Å². The number of nitrogens with zero attached hydrogens (tertiary/aromatic N) is 1. The molecule has 0 radical (unpaired) electrons. The minimum absolute atomic E-state index is 0.0593. The molecule has 0 saturated heterocycles. The van der Waals surface area contributed by atoms with Crippen molar-refractivity contribution in [3.63, 3.8) is 0 Å². The van der Waals surface area contributed by atoms with Crippen molar-refractivity contribution < 1.29 is 14.1 Å². The molecule has 1 atom stereocenters. The number of nitro groups is 1. The van der Waals surface area contributed by atoms with E-state index >= 15 is 0 Å². The zero-order valence-electron chi connectivity index (χ0n) is 11.0. The van der Waals surface area contributed by atoms with Crippen LogP contribution in [0.5, 0.6) is 11.5 Å². The first-order valence-corrected chi connectivity index (χ1v) is 6.44. The molecule has 0 spiro atoms. The molecular weight excluding hydrogens is 299 g/mol. The van der Waals surface area contributed by atoms with Gasteiger partial charge in [0.2, 0.25) is 5.75 Å². The highest BCUT2D eigenvalue weighted by atomic mass is 35.5. The zero-order valence-corrected chi connectivity index (χ0v) is 11.8. The van der Waals surface area contributed by atoms with Crippen molar-refractivity contribution in [3.8, 4) is 11.5 Å². The molecule has 21 heavy (non-hydrogen) atoms. The molecule has 110 valence electrons. The number of rotatable bonds is 4. The fourth-order valence-corrected chi connectivity index (χ4v) is 2.11. The van der Waals surface area contributed by atoms with E-state index in [0.717, 1.165) is 0 Å². The summed E-state index contributed by atoms with van der Waals surface area (Å²) in [4.78, 5) is 10.4. The summed E-state index contributed by atoms with van der Waals surface area (Å²) in [6, 6.07) is 7.66. The Morgan fingerprint density at radius 3 is 2.62 bits per heavy atom. The van der Waals surface area contributed by atoms with Gasteiger partial charge in [-0.05, 0) is 25.1 Å². The maximum absolute atomic E-state index is 13.8. The van der Waals surface area contributed by atoms with Crippen LogP contribution < -0.4 is 10.5 Å². The van der Waals surface area contributed by atoms with Crippen LogP contribution in [0.1, 0.15) is 18.5 Å². The molecule has 0 aromatic heterocycles. The van der Waals surface area contributed by atoms with Crippen molar-refractivity contribution in [3.05, 3.63) is 62.9 Å². The van der Waals surface area contributed by atoms with Gasteiger partial charge in [0, 0.05) is 17.7 Å². The average molecular weight is 311 g/mol. The van der Waals surface area contributed by atoms with E-state index in [4.69, 9.17) is 22.1 Å². The first-order chi connectivity index (χ1) is 9.91. The van der Waals surface area contributed by atoms with Crippen LogP contribution in [-0.4, -0.2) is 4.92 Å². The zero-order chi connectivity index (χ0) is 15.6. The molecule has 0 fully saturated rings. The Morgan fingerprint density at radius 2 is 2.00 bits per heavy atom. The molecule has 2 aromatic rings. The van der Waals surface area contributed by atoms with Crippen molar-refractivity contribution in [2.24, 2.45) is 5.73 Å². The standard InChI is InChI=1S/C14H12ClFN2O3/c1-8(17)13-10(16)5-3-7-12(13)21-14-9(15)4-2-6-11(14)18(19)20/h2-8H,17H2,1H3/t8-/m1/s1. The molecule has 0 bridgehead atoms. The van der Waals surface area contributed by atoms with Crippen molar-refractivity contribution in [1.82, 2.24) is 0 Å². The third kappa shape index (κ3) is 3.12. The van der Waals surface area contributed by atoms with E-state index in [1.54, 1.807) is 6.92 Å². The molecule has 0 amide bonds. The van der Waals surface area contributed by atoms with Gasteiger partial charge >= 0.3 is 5.69 Å². The summed E-state index contributed by atoms with van der Waals surface area (Å²) >= 11 is 5.94. The van der Waals surface area contributed by atoms with Crippen LogP contribution >= 0.6 is 11.6 Å². The van der Waals surface area contributed by atoms with Gasteiger partial charge in [0.15, 0.2) is 0 Å². The van der Waals surface area contributed by atoms with Gasteiger partial charge in [-0.25, -0.2) is 4.39 Å². The summed E-state index contributed by atoms with van der Waals surface area (Å²) in [6.07, 6.45) is 0. The lowest BCUT2D eigenvalue weighted by atomic mass is 10.1. The lowest BCUT2D eigenvalue weighted by Crippen LogP contribution is -2.09. The van der Waals surface area contributed by atoms with Gasteiger partial charge in [0.05, 0.1) is 9.95 Å². The van der Waals surface area contributed by atoms with Crippen molar-refractivity contribution in [2.45, 2.75) is 13.0 Å². The Hall–Kier alpha value is -2.18. The van der Waals surface area contributed by atoms with E-state index in [9.17, 15) is 14.5 Å². The maximum atomic E-state index is 13.8. The highest BCUT2D eigenvalue weighted by Crippen LogP contribution is 2.40. The minimum Gasteiger partial charge on any atom is -0.448 e. The second kappa shape index (κ2) is 6.07. The molecule has 2 N–H and O–H groups in total. The van der Waals surface area contributed by atoms with E-state index in [1.807, 2.05) is 0 Å². The van der Waals surface area contributed by atoms with Crippen LogP contribution in [0.4, 0.5) is 10.1 Å². The number of hydrogen-bond acceptors (Lipinski definition) is 4. The molecule has 0 aliphatic rings. The van der Waals surface area contributed by atoms with Gasteiger partial charge in [-0.2, -0.15) is 0 Å². The molecule has 7 heteroatoms. The Bertz CT molecular complexity index is 692. The second-order valence-corrected chi connectivity index (χ2v) is 4.79. The minimum atomic E-state index is -0.636. The normalized spacial score (nSPS) is 12.0. The Balaban J connectivity index is 2.54. The van der Waals surface area contributed by atoms with Gasteiger partial charge in [-0.1, -0.05) is 23.7 Å². The van der Waals surface area contributed by atoms with Crippen LogP contribution in [0, 0.1) is 15.9 Å². The highest BCUT2D eigenvalue weighted by molar-refractivity contribution is 6.32. The van der Waals surface area contributed by atoms with Gasteiger partial charge < -0.3 is 10.5 Å². The van der Waals surface area contributed by atoms with Crippen LogP contribution in [0.3, 0.4) is 0 Å². The number of nitrogens with two attached hydrogens (primary N) is 1. The number of hydrogen-bond donors (Lipinski definition) is 1. The summed E-state index contributed by atoms with van der Waals surface area (Å²) in [7, 11) is 0. The van der Waals surface area contributed by atoms with E-state index in [2.05, 4.69) is 0 Å². The van der Waals surface area contributed by atoms with E-state index in [1.165, 1.54) is 36.4 Å². The molecule has 2 rings (SSSR count). The molecule has 0 heterocycles. The summed E-state index contributed by atoms with van der Waals surface area (Å²) < 4.78 is 19.3. The van der Waals surface area contributed by atoms with Crippen molar-refractivity contribution in [2.75, 3.05) is 0 Å². The van der Waals surface area contributed by atoms with Crippen molar-refractivity contribution in [1.29, 1.82) is 0 Å². The number of ether oxygens (including phenoxy) is 1. The molecule has 0 aliphatic carbocycles. The number of para-hydroxylation sites is 1. The van der Waals surface area contributed by atoms with E-state index in [0.29, 0.717) is 0 Å².